The average molecular weight is 190 g/mol. The molecule has 0 amide bonds. The van der Waals surface area contributed by atoms with Gasteiger partial charge in [0.2, 0.25) is 0 Å². The summed E-state index contributed by atoms with van der Waals surface area (Å²) in [7, 11) is 3.89. The zero-order valence-electron chi connectivity index (χ0n) is 5.35. The van der Waals surface area contributed by atoms with Gasteiger partial charge in [-0.1, -0.05) is 0 Å². The Kier molecular flexibility index (Phi) is 1.75. The molecule has 4 heteroatoms. The van der Waals surface area contributed by atoms with Crippen molar-refractivity contribution in [1.29, 1.82) is 0 Å². The number of nitrogens with zero attached hydrogens (tertiary/aromatic N) is 2. The van der Waals surface area contributed by atoms with Crippen LogP contribution in [0.1, 0.15) is 0 Å². The van der Waals surface area contributed by atoms with E-state index < -0.39 is 0 Å². The highest BCUT2D eigenvalue weighted by atomic mass is 79.9. The Morgan fingerprint density at radius 3 is 2.56 bits per heavy atom. The van der Waals surface area contributed by atoms with Crippen LogP contribution in [0.25, 0.3) is 0 Å². The van der Waals surface area contributed by atoms with Gasteiger partial charge in [0.1, 0.15) is 0 Å². The predicted octanol–water partition coefficient (Wildman–Crippen LogP) is 1.24. The molecule has 1 heterocycles. The maximum absolute atomic E-state index is 3.97. The van der Waals surface area contributed by atoms with E-state index in [1.54, 1.807) is 6.20 Å². The summed E-state index contributed by atoms with van der Waals surface area (Å²) in [5.74, 6) is 0.926. The quantitative estimate of drug-likeness (QED) is 0.722. The van der Waals surface area contributed by atoms with E-state index in [-0.39, 0.29) is 0 Å². The van der Waals surface area contributed by atoms with Crippen molar-refractivity contribution in [2.75, 3.05) is 19.0 Å². The number of aromatic nitrogens is 2. The smallest absolute Gasteiger partial charge is 0.164 e. The average Bonchev–Trinajstić information content (AvgIpc) is 2.13. The Morgan fingerprint density at radius 1 is 1.67 bits per heavy atom. The molecule has 0 radical (unpaired) electrons. The van der Waals surface area contributed by atoms with Crippen LogP contribution in [0.5, 0.6) is 0 Å². The lowest BCUT2D eigenvalue weighted by Crippen LogP contribution is -2.09. The molecule has 1 aromatic rings. The molecule has 0 aliphatic carbocycles. The van der Waals surface area contributed by atoms with Gasteiger partial charge >= 0.3 is 0 Å². The molecule has 0 saturated carbocycles. The summed E-state index contributed by atoms with van der Waals surface area (Å²) < 4.78 is 0.993. The Morgan fingerprint density at radius 2 is 2.33 bits per heavy atom. The molecular formula is C5H8BrN3. The van der Waals surface area contributed by atoms with Gasteiger partial charge in [-0.3, -0.25) is 5.10 Å². The number of aromatic amines is 1. The zero-order chi connectivity index (χ0) is 6.85. The maximum atomic E-state index is 3.97. The van der Waals surface area contributed by atoms with E-state index >= 15 is 0 Å². The van der Waals surface area contributed by atoms with Gasteiger partial charge in [-0.2, -0.15) is 5.10 Å². The normalized spacial score (nSPS) is 9.67. The van der Waals surface area contributed by atoms with Crippen molar-refractivity contribution in [2.24, 2.45) is 0 Å². The fourth-order valence-corrected chi connectivity index (χ4v) is 1.13. The maximum Gasteiger partial charge on any atom is 0.164 e. The molecule has 1 rings (SSSR count). The number of H-pyrrole nitrogens is 1. The standard InChI is InChI=1S/C5H8BrN3/c1-9(2)5-4(6)3-7-8-5/h3H,1-2H3,(H,7,8). The number of anilines is 1. The van der Waals surface area contributed by atoms with Crippen LogP contribution in [0.15, 0.2) is 10.7 Å². The summed E-state index contributed by atoms with van der Waals surface area (Å²) in [6, 6.07) is 0. The minimum Gasteiger partial charge on any atom is -0.360 e. The second-order valence-electron chi connectivity index (χ2n) is 1.95. The lowest BCUT2D eigenvalue weighted by atomic mass is 10.6. The van der Waals surface area contributed by atoms with Crippen molar-refractivity contribution in [3.8, 4) is 0 Å². The predicted molar refractivity (Wildman–Crippen MR) is 40.6 cm³/mol. The SMILES string of the molecule is CN(C)c1n[nH]cc1Br. The minimum absolute atomic E-state index is 0.926. The van der Waals surface area contributed by atoms with Crippen LogP contribution in [-0.4, -0.2) is 24.3 Å². The van der Waals surface area contributed by atoms with E-state index in [0.29, 0.717) is 0 Å². The van der Waals surface area contributed by atoms with Gasteiger partial charge < -0.3 is 4.90 Å². The Balaban J connectivity index is 2.94. The zero-order valence-corrected chi connectivity index (χ0v) is 6.94. The molecule has 0 aromatic carbocycles. The second-order valence-corrected chi connectivity index (χ2v) is 2.81. The highest BCUT2D eigenvalue weighted by molar-refractivity contribution is 9.10. The summed E-state index contributed by atoms with van der Waals surface area (Å²) in [6.07, 6.45) is 1.80. The van der Waals surface area contributed by atoms with Gasteiger partial charge in [0.25, 0.3) is 0 Å². The van der Waals surface area contributed by atoms with Crippen molar-refractivity contribution in [3.63, 3.8) is 0 Å². The van der Waals surface area contributed by atoms with Crippen molar-refractivity contribution >= 4 is 21.7 Å². The van der Waals surface area contributed by atoms with Gasteiger partial charge in [-0.05, 0) is 15.9 Å². The first kappa shape index (κ1) is 6.61. The van der Waals surface area contributed by atoms with Crippen LogP contribution in [0.3, 0.4) is 0 Å². The van der Waals surface area contributed by atoms with Crippen LogP contribution >= 0.6 is 15.9 Å². The van der Waals surface area contributed by atoms with Crippen LogP contribution in [-0.2, 0) is 0 Å². The summed E-state index contributed by atoms with van der Waals surface area (Å²) in [5, 5.41) is 6.71. The fraction of sp³-hybridized carbons (Fsp3) is 0.400. The lowest BCUT2D eigenvalue weighted by molar-refractivity contribution is 1.01. The molecule has 9 heavy (non-hydrogen) atoms. The summed E-state index contributed by atoms with van der Waals surface area (Å²) in [5.41, 5.74) is 0. The molecule has 0 aliphatic rings. The van der Waals surface area contributed by atoms with E-state index in [0.717, 1.165) is 10.3 Å². The third-order valence-electron chi connectivity index (χ3n) is 0.999. The fourth-order valence-electron chi connectivity index (χ4n) is 0.582. The first-order chi connectivity index (χ1) is 4.22. The van der Waals surface area contributed by atoms with Crippen LogP contribution < -0.4 is 4.90 Å². The van der Waals surface area contributed by atoms with Gasteiger partial charge in [0.15, 0.2) is 5.82 Å². The highest BCUT2D eigenvalue weighted by Crippen LogP contribution is 2.19. The molecule has 1 N–H and O–H groups in total. The molecule has 0 fully saturated rings. The van der Waals surface area contributed by atoms with Crippen molar-refractivity contribution in [1.82, 2.24) is 10.2 Å². The Hall–Kier alpha value is -0.510. The molecule has 0 bridgehead atoms. The lowest BCUT2D eigenvalue weighted by Gasteiger charge is -2.06. The molecule has 0 unspecified atom stereocenters. The van der Waals surface area contributed by atoms with Crippen LogP contribution in [0.4, 0.5) is 5.82 Å². The number of halogens is 1. The van der Waals surface area contributed by atoms with Gasteiger partial charge in [0, 0.05) is 20.3 Å². The second kappa shape index (κ2) is 2.39. The summed E-state index contributed by atoms with van der Waals surface area (Å²) in [6.45, 7) is 0. The van der Waals surface area contributed by atoms with E-state index in [1.807, 2.05) is 19.0 Å². The number of hydrogen-bond acceptors (Lipinski definition) is 2. The highest BCUT2D eigenvalue weighted by Gasteiger charge is 2.01. The van der Waals surface area contributed by atoms with E-state index in [2.05, 4.69) is 26.1 Å². The summed E-state index contributed by atoms with van der Waals surface area (Å²) in [4.78, 5) is 1.93. The Labute approximate surface area is 62.2 Å². The van der Waals surface area contributed by atoms with Gasteiger partial charge in [-0.15, -0.1) is 0 Å². The van der Waals surface area contributed by atoms with E-state index in [1.165, 1.54) is 0 Å². The topological polar surface area (TPSA) is 31.9 Å². The third-order valence-corrected chi connectivity index (χ3v) is 1.58. The molecule has 50 valence electrons. The third kappa shape index (κ3) is 1.24. The number of rotatable bonds is 1. The number of hydrogen-bond donors (Lipinski definition) is 1. The van der Waals surface area contributed by atoms with Gasteiger partial charge in [-0.25, -0.2) is 0 Å². The van der Waals surface area contributed by atoms with E-state index in [9.17, 15) is 0 Å². The molecule has 0 saturated heterocycles. The molecule has 0 atom stereocenters. The monoisotopic (exact) mass is 189 g/mol. The number of nitrogens with one attached hydrogen (secondary N) is 1. The van der Waals surface area contributed by atoms with Crippen molar-refractivity contribution < 1.29 is 0 Å². The largest absolute Gasteiger partial charge is 0.360 e. The molecule has 1 aromatic heterocycles. The molecular weight excluding hydrogens is 182 g/mol. The van der Waals surface area contributed by atoms with Crippen molar-refractivity contribution in [3.05, 3.63) is 10.7 Å². The summed E-state index contributed by atoms with van der Waals surface area (Å²) >= 11 is 3.33. The molecule has 3 nitrogen and oxygen atoms in total. The molecule has 0 spiro atoms. The molecule has 0 aliphatic heterocycles. The first-order valence-corrected chi connectivity index (χ1v) is 3.37. The first-order valence-electron chi connectivity index (χ1n) is 2.58. The van der Waals surface area contributed by atoms with Crippen molar-refractivity contribution in [2.45, 2.75) is 0 Å². The van der Waals surface area contributed by atoms with Crippen LogP contribution in [0, 0.1) is 0 Å². The van der Waals surface area contributed by atoms with Gasteiger partial charge in [0.05, 0.1) is 4.47 Å². The Bertz CT molecular complexity index is 194. The minimum atomic E-state index is 0.926. The van der Waals surface area contributed by atoms with E-state index in [4.69, 9.17) is 0 Å². The van der Waals surface area contributed by atoms with Crippen LogP contribution in [0.2, 0.25) is 0 Å².